The number of aliphatic hydroxyl groups is 1. The third-order valence-electron chi connectivity index (χ3n) is 4.04. The normalized spacial score (nSPS) is 37.4. The van der Waals surface area contributed by atoms with Crippen molar-refractivity contribution in [1.29, 1.82) is 0 Å². The van der Waals surface area contributed by atoms with E-state index in [1.165, 1.54) is 44.9 Å². The molecule has 13 heavy (non-hydrogen) atoms. The average Bonchev–Trinajstić information content (AvgIpc) is 3.00. The maximum atomic E-state index is 10.1. The summed E-state index contributed by atoms with van der Waals surface area (Å²) >= 11 is 0. The lowest BCUT2D eigenvalue weighted by Gasteiger charge is -2.34. The van der Waals surface area contributed by atoms with Crippen LogP contribution in [0.3, 0.4) is 0 Å². The molecule has 0 aromatic carbocycles. The van der Waals surface area contributed by atoms with Crippen molar-refractivity contribution in [3.05, 3.63) is 0 Å². The van der Waals surface area contributed by atoms with Crippen LogP contribution in [0.2, 0.25) is 0 Å². The third kappa shape index (κ3) is 2.07. The van der Waals surface area contributed by atoms with Crippen molar-refractivity contribution in [1.82, 2.24) is 0 Å². The van der Waals surface area contributed by atoms with Crippen LogP contribution in [-0.2, 0) is 0 Å². The topological polar surface area (TPSA) is 20.2 Å². The molecule has 0 aromatic heterocycles. The number of rotatable bonds is 3. The van der Waals surface area contributed by atoms with E-state index < -0.39 is 0 Å². The SMILES string of the molecule is CCC1CCCCC1C(O)C1CC1. The zero-order chi connectivity index (χ0) is 9.26. The molecule has 0 bridgehead atoms. The Kier molecular flexibility index (Phi) is 2.92. The summed E-state index contributed by atoms with van der Waals surface area (Å²) in [5, 5.41) is 10.1. The fourth-order valence-corrected chi connectivity index (χ4v) is 2.98. The van der Waals surface area contributed by atoms with Crippen LogP contribution in [0.25, 0.3) is 0 Å². The molecule has 0 spiro atoms. The van der Waals surface area contributed by atoms with Gasteiger partial charge in [-0.3, -0.25) is 0 Å². The van der Waals surface area contributed by atoms with Gasteiger partial charge in [0.15, 0.2) is 0 Å². The summed E-state index contributed by atoms with van der Waals surface area (Å²) in [5.74, 6) is 2.15. The number of aliphatic hydroxyl groups excluding tert-OH is 1. The first-order valence-corrected chi connectivity index (χ1v) is 6.01. The monoisotopic (exact) mass is 182 g/mol. The Bertz CT molecular complexity index is 161. The molecule has 0 saturated heterocycles. The van der Waals surface area contributed by atoms with Gasteiger partial charge in [-0.2, -0.15) is 0 Å². The standard InChI is InChI=1S/C12H22O/c1-2-9-5-3-4-6-11(9)12(13)10-7-8-10/h9-13H,2-8H2,1H3. The van der Waals surface area contributed by atoms with Crippen LogP contribution < -0.4 is 0 Å². The zero-order valence-corrected chi connectivity index (χ0v) is 8.71. The highest BCUT2D eigenvalue weighted by Gasteiger charge is 2.38. The minimum Gasteiger partial charge on any atom is -0.393 e. The Morgan fingerprint density at radius 2 is 1.85 bits per heavy atom. The van der Waals surface area contributed by atoms with Gasteiger partial charge < -0.3 is 5.11 Å². The molecule has 1 N–H and O–H groups in total. The molecule has 3 unspecified atom stereocenters. The van der Waals surface area contributed by atoms with E-state index in [-0.39, 0.29) is 6.10 Å². The van der Waals surface area contributed by atoms with Crippen molar-refractivity contribution in [2.45, 2.75) is 58.0 Å². The fraction of sp³-hybridized carbons (Fsp3) is 1.00. The van der Waals surface area contributed by atoms with E-state index in [0.717, 1.165) is 5.92 Å². The van der Waals surface area contributed by atoms with Gasteiger partial charge in [0, 0.05) is 0 Å². The average molecular weight is 182 g/mol. The van der Waals surface area contributed by atoms with Gasteiger partial charge in [0.05, 0.1) is 6.10 Å². The molecule has 76 valence electrons. The molecule has 0 aromatic rings. The molecule has 2 fully saturated rings. The van der Waals surface area contributed by atoms with Gasteiger partial charge in [-0.1, -0.05) is 32.6 Å². The Balaban J connectivity index is 1.92. The smallest absolute Gasteiger partial charge is 0.0599 e. The largest absolute Gasteiger partial charge is 0.393 e. The Hall–Kier alpha value is -0.0400. The maximum absolute atomic E-state index is 10.1. The second-order valence-electron chi connectivity index (χ2n) is 4.94. The van der Waals surface area contributed by atoms with Crippen LogP contribution in [0.5, 0.6) is 0 Å². The first-order valence-electron chi connectivity index (χ1n) is 6.01. The summed E-state index contributed by atoms with van der Waals surface area (Å²) in [6.45, 7) is 2.28. The highest BCUT2D eigenvalue weighted by Crippen LogP contribution is 2.43. The van der Waals surface area contributed by atoms with Gasteiger partial charge in [0.25, 0.3) is 0 Å². The van der Waals surface area contributed by atoms with Crippen molar-refractivity contribution in [3.8, 4) is 0 Å². The minimum atomic E-state index is 0.0465. The van der Waals surface area contributed by atoms with Crippen LogP contribution in [0.4, 0.5) is 0 Å². The van der Waals surface area contributed by atoms with E-state index in [2.05, 4.69) is 6.92 Å². The predicted molar refractivity (Wildman–Crippen MR) is 54.5 cm³/mol. The molecular weight excluding hydrogens is 160 g/mol. The molecule has 2 aliphatic rings. The molecule has 2 aliphatic carbocycles. The summed E-state index contributed by atoms with van der Waals surface area (Å²) in [6, 6.07) is 0. The van der Waals surface area contributed by atoms with Crippen LogP contribution in [0, 0.1) is 17.8 Å². The maximum Gasteiger partial charge on any atom is 0.0599 e. The lowest BCUT2D eigenvalue weighted by Crippen LogP contribution is -2.31. The Labute approximate surface area is 81.5 Å². The summed E-state index contributed by atoms with van der Waals surface area (Å²) in [7, 11) is 0. The predicted octanol–water partition coefficient (Wildman–Crippen LogP) is 2.97. The summed E-state index contributed by atoms with van der Waals surface area (Å²) in [5.41, 5.74) is 0. The quantitative estimate of drug-likeness (QED) is 0.711. The molecule has 2 rings (SSSR count). The third-order valence-corrected chi connectivity index (χ3v) is 4.04. The first-order chi connectivity index (χ1) is 6.33. The lowest BCUT2D eigenvalue weighted by molar-refractivity contribution is 0.0305. The number of hydrogen-bond acceptors (Lipinski definition) is 1. The summed E-state index contributed by atoms with van der Waals surface area (Å²) < 4.78 is 0. The van der Waals surface area contributed by atoms with Crippen molar-refractivity contribution in [3.63, 3.8) is 0 Å². The van der Waals surface area contributed by atoms with Gasteiger partial charge in [0.2, 0.25) is 0 Å². The van der Waals surface area contributed by atoms with E-state index in [9.17, 15) is 5.11 Å². The van der Waals surface area contributed by atoms with E-state index in [4.69, 9.17) is 0 Å². The van der Waals surface area contributed by atoms with E-state index in [1.54, 1.807) is 0 Å². The second-order valence-corrected chi connectivity index (χ2v) is 4.94. The lowest BCUT2D eigenvalue weighted by atomic mass is 9.74. The first kappa shape index (κ1) is 9.51. The summed E-state index contributed by atoms with van der Waals surface area (Å²) in [4.78, 5) is 0. The molecule has 0 aliphatic heterocycles. The van der Waals surface area contributed by atoms with Crippen LogP contribution >= 0.6 is 0 Å². The molecule has 0 heterocycles. The van der Waals surface area contributed by atoms with Gasteiger partial charge in [-0.25, -0.2) is 0 Å². The van der Waals surface area contributed by atoms with Crippen LogP contribution in [0.1, 0.15) is 51.9 Å². The van der Waals surface area contributed by atoms with Gasteiger partial charge in [-0.05, 0) is 37.0 Å². The molecule has 0 amide bonds. The molecule has 3 atom stereocenters. The van der Waals surface area contributed by atoms with Gasteiger partial charge in [-0.15, -0.1) is 0 Å². The van der Waals surface area contributed by atoms with E-state index in [0.29, 0.717) is 11.8 Å². The van der Waals surface area contributed by atoms with Crippen LogP contribution in [-0.4, -0.2) is 11.2 Å². The van der Waals surface area contributed by atoms with E-state index >= 15 is 0 Å². The van der Waals surface area contributed by atoms with Gasteiger partial charge >= 0.3 is 0 Å². The fourth-order valence-electron chi connectivity index (χ4n) is 2.98. The molecule has 1 nitrogen and oxygen atoms in total. The zero-order valence-electron chi connectivity index (χ0n) is 8.71. The van der Waals surface area contributed by atoms with Crippen molar-refractivity contribution in [2.75, 3.05) is 0 Å². The summed E-state index contributed by atoms with van der Waals surface area (Å²) in [6.07, 6.45) is 9.29. The molecule has 2 saturated carbocycles. The van der Waals surface area contributed by atoms with Gasteiger partial charge in [0.1, 0.15) is 0 Å². The Morgan fingerprint density at radius 1 is 1.15 bits per heavy atom. The highest BCUT2D eigenvalue weighted by molar-refractivity contribution is 4.89. The molecule has 1 heteroatoms. The van der Waals surface area contributed by atoms with Crippen molar-refractivity contribution >= 4 is 0 Å². The van der Waals surface area contributed by atoms with E-state index in [1.807, 2.05) is 0 Å². The Morgan fingerprint density at radius 3 is 2.46 bits per heavy atom. The highest BCUT2D eigenvalue weighted by atomic mass is 16.3. The van der Waals surface area contributed by atoms with Crippen molar-refractivity contribution < 1.29 is 5.11 Å². The van der Waals surface area contributed by atoms with Crippen molar-refractivity contribution in [2.24, 2.45) is 17.8 Å². The minimum absolute atomic E-state index is 0.0465. The second kappa shape index (κ2) is 4.00. The molecule has 0 radical (unpaired) electrons. The number of hydrogen-bond donors (Lipinski definition) is 1. The molecular formula is C12H22O. The van der Waals surface area contributed by atoms with Crippen LogP contribution in [0.15, 0.2) is 0 Å².